The molecule has 0 radical (unpaired) electrons. The van der Waals surface area contributed by atoms with Crippen LogP contribution in [0, 0.1) is 0 Å². The smallest absolute Gasteiger partial charge is 0.260 e. The lowest BCUT2D eigenvalue weighted by atomic mass is 9.99. The standard InChI is InChI=1S/C13H24N4O2S/c1-4-14-11(2)12-7-5-6-10-17(12)20(18,19)13-8-9-15-16(13)3/h8-9,11-12,14H,4-7,10H2,1-3H3. The minimum absolute atomic E-state index is 0.0172. The van der Waals surface area contributed by atoms with Gasteiger partial charge in [-0.3, -0.25) is 4.68 Å². The van der Waals surface area contributed by atoms with Crippen LogP contribution in [0.4, 0.5) is 0 Å². The summed E-state index contributed by atoms with van der Waals surface area (Å²) in [5.41, 5.74) is 0. The molecule has 7 heteroatoms. The van der Waals surface area contributed by atoms with Gasteiger partial charge in [0, 0.05) is 25.7 Å². The van der Waals surface area contributed by atoms with Crippen molar-refractivity contribution in [3.05, 3.63) is 12.3 Å². The highest BCUT2D eigenvalue weighted by molar-refractivity contribution is 7.89. The zero-order chi connectivity index (χ0) is 14.8. The molecule has 2 rings (SSSR count). The summed E-state index contributed by atoms with van der Waals surface area (Å²) >= 11 is 0. The van der Waals surface area contributed by atoms with Gasteiger partial charge in [0.1, 0.15) is 0 Å². The van der Waals surface area contributed by atoms with Crippen molar-refractivity contribution in [1.29, 1.82) is 0 Å². The van der Waals surface area contributed by atoms with Crippen molar-refractivity contribution in [2.24, 2.45) is 7.05 Å². The average Bonchev–Trinajstić information content (AvgIpc) is 2.86. The van der Waals surface area contributed by atoms with E-state index in [0.717, 1.165) is 25.8 Å². The third-order valence-corrected chi connectivity index (χ3v) is 5.95. The van der Waals surface area contributed by atoms with E-state index < -0.39 is 10.0 Å². The van der Waals surface area contributed by atoms with Gasteiger partial charge in [-0.1, -0.05) is 13.3 Å². The predicted octanol–water partition coefficient (Wildman–Crippen LogP) is 0.961. The summed E-state index contributed by atoms with van der Waals surface area (Å²) in [6.45, 7) is 5.54. The first-order valence-electron chi connectivity index (χ1n) is 7.21. The number of sulfonamides is 1. The van der Waals surface area contributed by atoms with Crippen LogP contribution in [0.3, 0.4) is 0 Å². The van der Waals surface area contributed by atoms with Gasteiger partial charge in [-0.25, -0.2) is 8.42 Å². The second kappa shape index (κ2) is 6.24. The first-order valence-corrected chi connectivity index (χ1v) is 8.65. The zero-order valence-corrected chi connectivity index (χ0v) is 13.2. The number of rotatable bonds is 5. The lowest BCUT2D eigenvalue weighted by Crippen LogP contribution is -2.53. The van der Waals surface area contributed by atoms with Crippen LogP contribution in [0.5, 0.6) is 0 Å². The molecule has 1 fully saturated rings. The van der Waals surface area contributed by atoms with E-state index in [1.54, 1.807) is 17.4 Å². The minimum Gasteiger partial charge on any atom is -0.313 e. The van der Waals surface area contributed by atoms with Crippen LogP contribution in [0.1, 0.15) is 33.1 Å². The van der Waals surface area contributed by atoms with Crippen molar-refractivity contribution in [2.75, 3.05) is 13.1 Å². The Morgan fingerprint density at radius 1 is 1.50 bits per heavy atom. The number of hydrogen-bond donors (Lipinski definition) is 1. The molecule has 0 amide bonds. The van der Waals surface area contributed by atoms with Gasteiger partial charge >= 0.3 is 0 Å². The van der Waals surface area contributed by atoms with E-state index in [-0.39, 0.29) is 17.1 Å². The van der Waals surface area contributed by atoms with E-state index in [1.807, 2.05) is 6.92 Å². The third-order valence-electron chi connectivity index (χ3n) is 3.95. The monoisotopic (exact) mass is 300 g/mol. The molecular weight excluding hydrogens is 276 g/mol. The molecule has 6 nitrogen and oxygen atoms in total. The highest BCUT2D eigenvalue weighted by Gasteiger charge is 2.37. The molecular formula is C13H24N4O2S. The number of nitrogens with one attached hydrogen (secondary N) is 1. The van der Waals surface area contributed by atoms with E-state index in [2.05, 4.69) is 17.3 Å². The molecule has 1 aromatic heterocycles. The highest BCUT2D eigenvalue weighted by atomic mass is 32.2. The fourth-order valence-corrected chi connectivity index (χ4v) is 4.79. The maximum absolute atomic E-state index is 12.8. The topological polar surface area (TPSA) is 67.2 Å². The molecule has 20 heavy (non-hydrogen) atoms. The molecule has 0 aliphatic carbocycles. The van der Waals surface area contributed by atoms with E-state index in [9.17, 15) is 8.42 Å². The first-order chi connectivity index (χ1) is 9.48. The SMILES string of the molecule is CCNC(C)C1CCCCN1S(=O)(=O)c1ccnn1C. The number of piperidine rings is 1. The Kier molecular flexibility index (Phi) is 4.82. The molecule has 0 saturated carbocycles. The Labute approximate surface area is 121 Å². The minimum atomic E-state index is -3.47. The Balaban J connectivity index is 2.30. The summed E-state index contributed by atoms with van der Waals surface area (Å²) in [6.07, 6.45) is 4.44. The second-order valence-electron chi connectivity index (χ2n) is 5.32. The maximum atomic E-state index is 12.8. The molecule has 2 atom stereocenters. The number of aromatic nitrogens is 2. The number of nitrogens with zero attached hydrogens (tertiary/aromatic N) is 3. The first kappa shape index (κ1) is 15.5. The molecule has 0 bridgehead atoms. The summed E-state index contributed by atoms with van der Waals surface area (Å²) in [4.78, 5) is 0. The van der Waals surface area contributed by atoms with Crippen molar-refractivity contribution in [1.82, 2.24) is 19.4 Å². The van der Waals surface area contributed by atoms with Gasteiger partial charge in [0.25, 0.3) is 10.0 Å². The van der Waals surface area contributed by atoms with Crippen LogP contribution < -0.4 is 5.32 Å². The van der Waals surface area contributed by atoms with Crippen molar-refractivity contribution < 1.29 is 8.42 Å². The summed E-state index contributed by atoms with van der Waals surface area (Å²) in [5.74, 6) is 0. The van der Waals surface area contributed by atoms with Gasteiger partial charge in [0.15, 0.2) is 5.03 Å². The number of aryl methyl sites for hydroxylation is 1. The van der Waals surface area contributed by atoms with Crippen LogP contribution in [0.2, 0.25) is 0 Å². The molecule has 0 spiro atoms. The zero-order valence-electron chi connectivity index (χ0n) is 12.4. The van der Waals surface area contributed by atoms with Gasteiger partial charge in [0.2, 0.25) is 0 Å². The average molecular weight is 300 g/mol. The Bertz CT molecular complexity index is 540. The molecule has 1 aliphatic rings. The lowest BCUT2D eigenvalue weighted by molar-refractivity contribution is 0.209. The third kappa shape index (κ3) is 2.89. The molecule has 1 aliphatic heterocycles. The van der Waals surface area contributed by atoms with Crippen LogP contribution in [0.15, 0.2) is 17.3 Å². The van der Waals surface area contributed by atoms with Gasteiger partial charge in [0.05, 0.1) is 6.20 Å². The van der Waals surface area contributed by atoms with Gasteiger partial charge in [-0.05, 0) is 32.4 Å². The molecule has 2 heterocycles. The van der Waals surface area contributed by atoms with E-state index >= 15 is 0 Å². The van der Waals surface area contributed by atoms with Crippen LogP contribution >= 0.6 is 0 Å². The Morgan fingerprint density at radius 3 is 2.85 bits per heavy atom. The molecule has 2 unspecified atom stereocenters. The molecule has 1 saturated heterocycles. The van der Waals surface area contributed by atoms with E-state index in [1.165, 1.54) is 10.9 Å². The predicted molar refractivity (Wildman–Crippen MR) is 77.9 cm³/mol. The van der Waals surface area contributed by atoms with E-state index in [0.29, 0.717) is 6.54 Å². The Morgan fingerprint density at radius 2 is 2.25 bits per heavy atom. The normalized spacial score (nSPS) is 22.9. The van der Waals surface area contributed by atoms with Crippen molar-refractivity contribution >= 4 is 10.0 Å². The molecule has 1 N–H and O–H groups in total. The van der Waals surface area contributed by atoms with Gasteiger partial charge in [-0.2, -0.15) is 9.40 Å². The molecule has 114 valence electrons. The van der Waals surface area contributed by atoms with E-state index in [4.69, 9.17) is 0 Å². The highest BCUT2D eigenvalue weighted by Crippen LogP contribution is 2.26. The summed E-state index contributed by atoms with van der Waals surface area (Å²) < 4.78 is 28.7. The fourth-order valence-electron chi connectivity index (χ4n) is 2.92. The van der Waals surface area contributed by atoms with Crippen LogP contribution in [-0.2, 0) is 17.1 Å². The number of likely N-dealkylation sites (N-methyl/N-ethyl adjacent to an activating group) is 1. The quantitative estimate of drug-likeness (QED) is 0.879. The Hall–Kier alpha value is -0.920. The molecule has 0 aromatic carbocycles. The summed E-state index contributed by atoms with van der Waals surface area (Å²) in [6, 6.07) is 1.74. The van der Waals surface area contributed by atoms with Crippen LogP contribution in [-0.4, -0.2) is 47.7 Å². The maximum Gasteiger partial charge on any atom is 0.260 e. The van der Waals surface area contributed by atoms with Crippen molar-refractivity contribution in [3.63, 3.8) is 0 Å². The van der Waals surface area contributed by atoms with Crippen molar-refractivity contribution in [3.8, 4) is 0 Å². The fraction of sp³-hybridized carbons (Fsp3) is 0.769. The van der Waals surface area contributed by atoms with Gasteiger partial charge < -0.3 is 5.32 Å². The van der Waals surface area contributed by atoms with Gasteiger partial charge in [-0.15, -0.1) is 0 Å². The number of hydrogen-bond acceptors (Lipinski definition) is 4. The van der Waals surface area contributed by atoms with Crippen LogP contribution in [0.25, 0.3) is 0 Å². The van der Waals surface area contributed by atoms with Crippen molar-refractivity contribution in [2.45, 2.75) is 50.2 Å². The summed E-state index contributed by atoms with van der Waals surface area (Å²) in [5, 5.41) is 7.60. The molecule has 1 aromatic rings. The lowest BCUT2D eigenvalue weighted by Gasteiger charge is -2.38. The largest absolute Gasteiger partial charge is 0.313 e. The summed E-state index contributed by atoms with van der Waals surface area (Å²) in [7, 11) is -1.80. The second-order valence-corrected chi connectivity index (χ2v) is 7.16.